The predicted molar refractivity (Wildman–Crippen MR) is 127 cm³/mol. The van der Waals surface area contributed by atoms with Gasteiger partial charge < -0.3 is 10.2 Å². The third kappa shape index (κ3) is 4.87. The molecule has 0 aliphatic carbocycles. The van der Waals surface area contributed by atoms with Crippen LogP contribution in [-0.2, 0) is 0 Å². The molecule has 164 valence electrons. The van der Waals surface area contributed by atoms with Crippen LogP contribution in [0.15, 0.2) is 85.5 Å². The summed E-state index contributed by atoms with van der Waals surface area (Å²) in [6, 6.07) is 19.4. The molecule has 5 rings (SSSR count). The summed E-state index contributed by atoms with van der Waals surface area (Å²) in [5, 5.41) is 3.40. The Hall–Kier alpha value is -4.13. The third-order valence-corrected chi connectivity index (χ3v) is 5.84. The molecule has 4 aromatic rings. The highest BCUT2D eigenvalue weighted by Crippen LogP contribution is 2.30. The summed E-state index contributed by atoms with van der Waals surface area (Å²) in [6.07, 6.45) is 8.48. The number of hydrogen-bond donors (Lipinski definition) is 1. The molecular formula is C26H24N6O. The van der Waals surface area contributed by atoms with Gasteiger partial charge in [0.2, 0.25) is 0 Å². The van der Waals surface area contributed by atoms with Crippen molar-refractivity contribution in [3.05, 3.63) is 96.8 Å². The van der Waals surface area contributed by atoms with Crippen LogP contribution in [0.2, 0.25) is 0 Å². The Morgan fingerprint density at radius 2 is 1.52 bits per heavy atom. The number of anilines is 2. The van der Waals surface area contributed by atoms with Crippen LogP contribution in [0.1, 0.15) is 34.9 Å². The molecule has 0 saturated carbocycles. The number of nitrogens with zero attached hydrogens (tertiary/aromatic N) is 5. The number of hydrogen-bond acceptors (Lipinski definition) is 6. The molecule has 1 saturated heterocycles. The van der Waals surface area contributed by atoms with E-state index in [2.05, 4.69) is 15.3 Å². The second kappa shape index (κ2) is 9.56. The van der Waals surface area contributed by atoms with Crippen molar-refractivity contribution in [3.8, 4) is 11.3 Å². The van der Waals surface area contributed by atoms with Gasteiger partial charge in [0.1, 0.15) is 11.6 Å². The molecule has 0 unspecified atom stereocenters. The van der Waals surface area contributed by atoms with E-state index in [0.29, 0.717) is 18.7 Å². The number of para-hydroxylation sites is 1. The smallest absolute Gasteiger partial charge is 0.253 e. The highest BCUT2D eigenvalue weighted by Gasteiger charge is 2.27. The topological polar surface area (TPSA) is 83.9 Å². The molecular weight excluding hydrogens is 412 g/mol. The van der Waals surface area contributed by atoms with E-state index in [1.165, 1.54) is 0 Å². The molecule has 0 spiro atoms. The minimum atomic E-state index is 0.0498. The van der Waals surface area contributed by atoms with E-state index in [1.807, 2.05) is 53.4 Å². The number of likely N-dealkylation sites (tertiary alicyclic amines) is 1. The maximum atomic E-state index is 12.8. The first-order chi connectivity index (χ1) is 16.3. The van der Waals surface area contributed by atoms with Crippen molar-refractivity contribution >= 4 is 17.4 Å². The molecule has 7 heteroatoms. The van der Waals surface area contributed by atoms with E-state index < -0.39 is 0 Å². The Labute approximate surface area is 192 Å². The molecule has 4 heterocycles. The van der Waals surface area contributed by atoms with Crippen molar-refractivity contribution in [2.24, 2.45) is 0 Å². The molecule has 0 atom stereocenters. The lowest BCUT2D eigenvalue weighted by atomic mass is 9.95. The average Bonchev–Trinajstić information content (AvgIpc) is 2.90. The summed E-state index contributed by atoms with van der Waals surface area (Å²) in [4.78, 5) is 32.6. The van der Waals surface area contributed by atoms with Gasteiger partial charge in [0, 0.05) is 66.7 Å². The molecule has 0 bridgehead atoms. The van der Waals surface area contributed by atoms with Crippen LogP contribution in [0.25, 0.3) is 11.3 Å². The van der Waals surface area contributed by atoms with Crippen molar-refractivity contribution in [1.82, 2.24) is 24.8 Å². The quantitative estimate of drug-likeness (QED) is 0.488. The third-order valence-electron chi connectivity index (χ3n) is 5.84. The van der Waals surface area contributed by atoms with Gasteiger partial charge in [-0.2, -0.15) is 0 Å². The van der Waals surface area contributed by atoms with Crippen molar-refractivity contribution in [2.75, 3.05) is 18.4 Å². The lowest BCUT2D eigenvalue weighted by Crippen LogP contribution is -2.38. The summed E-state index contributed by atoms with van der Waals surface area (Å²) in [5.41, 5.74) is 3.50. The van der Waals surface area contributed by atoms with Crippen molar-refractivity contribution in [1.29, 1.82) is 0 Å². The Bertz CT molecular complexity index is 1210. The van der Waals surface area contributed by atoms with E-state index in [0.717, 1.165) is 41.4 Å². The first-order valence-electron chi connectivity index (χ1n) is 11.1. The molecule has 1 aromatic carbocycles. The Morgan fingerprint density at radius 1 is 0.848 bits per heavy atom. The average molecular weight is 437 g/mol. The van der Waals surface area contributed by atoms with Gasteiger partial charge in [-0.25, -0.2) is 9.97 Å². The monoisotopic (exact) mass is 436 g/mol. The number of rotatable bonds is 5. The number of nitrogens with one attached hydrogen (secondary N) is 1. The summed E-state index contributed by atoms with van der Waals surface area (Å²) < 4.78 is 0. The van der Waals surface area contributed by atoms with E-state index in [4.69, 9.17) is 9.97 Å². The Balaban J connectivity index is 1.38. The van der Waals surface area contributed by atoms with Gasteiger partial charge in [0.15, 0.2) is 0 Å². The number of aromatic nitrogens is 4. The van der Waals surface area contributed by atoms with E-state index >= 15 is 0 Å². The van der Waals surface area contributed by atoms with Gasteiger partial charge in [0.25, 0.3) is 5.91 Å². The van der Waals surface area contributed by atoms with Crippen LogP contribution < -0.4 is 5.32 Å². The fraction of sp³-hybridized carbons (Fsp3) is 0.192. The van der Waals surface area contributed by atoms with Gasteiger partial charge in [-0.1, -0.05) is 18.2 Å². The standard InChI is InChI=1S/C26H24N6O/c33-26(21-8-14-28-15-9-21)32-16-10-20(11-17-32)25-30-23(19-6-12-27-13-7-19)18-24(31-25)29-22-4-2-1-3-5-22/h1-9,12-15,18,20H,10-11,16-17H2,(H,29,30,31). The number of carbonyl (C=O) groups is 1. The van der Waals surface area contributed by atoms with Gasteiger partial charge in [-0.15, -0.1) is 0 Å². The molecule has 3 aromatic heterocycles. The van der Waals surface area contributed by atoms with Gasteiger partial charge in [0.05, 0.1) is 5.69 Å². The largest absolute Gasteiger partial charge is 0.340 e. The SMILES string of the molecule is O=C(c1ccncc1)N1CCC(c2nc(Nc3ccccc3)cc(-c3ccncc3)n2)CC1. The molecule has 33 heavy (non-hydrogen) atoms. The zero-order chi connectivity index (χ0) is 22.5. The van der Waals surface area contributed by atoms with Crippen LogP contribution in [0.5, 0.6) is 0 Å². The summed E-state index contributed by atoms with van der Waals surface area (Å²) in [7, 11) is 0. The van der Waals surface area contributed by atoms with Crippen LogP contribution in [0.4, 0.5) is 11.5 Å². The van der Waals surface area contributed by atoms with Crippen LogP contribution in [0, 0.1) is 0 Å². The van der Waals surface area contributed by atoms with Crippen LogP contribution >= 0.6 is 0 Å². The van der Waals surface area contributed by atoms with Crippen molar-refractivity contribution < 1.29 is 4.79 Å². The molecule has 1 amide bonds. The summed E-state index contributed by atoms with van der Waals surface area (Å²) in [6.45, 7) is 1.35. The lowest BCUT2D eigenvalue weighted by Gasteiger charge is -2.31. The van der Waals surface area contributed by atoms with Crippen LogP contribution in [0.3, 0.4) is 0 Å². The molecule has 1 fully saturated rings. The second-order valence-electron chi connectivity index (χ2n) is 8.03. The number of amides is 1. The predicted octanol–water partition coefficient (Wildman–Crippen LogP) is 4.70. The van der Waals surface area contributed by atoms with Gasteiger partial charge in [-0.3, -0.25) is 14.8 Å². The molecule has 1 aliphatic rings. The fourth-order valence-corrected chi connectivity index (χ4v) is 4.07. The Kier molecular flexibility index (Phi) is 6.01. The molecule has 1 aliphatic heterocycles. The Morgan fingerprint density at radius 3 is 2.21 bits per heavy atom. The molecule has 1 N–H and O–H groups in total. The normalized spacial score (nSPS) is 14.1. The molecule has 0 radical (unpaired) electrons. The van der Waals surface area contributed by atoms with Gasteiger partial charge in [-0.05, 0) is 49.2 Å². The fourth-order valence-electron chi connectivity index (χ4n) is 4.07. The van der Waals surface area contributed by atoms with Crippen LogP contribution in [-0.4, -0.2) is 43.8 Å². The van der Waals surface area contributed by atoms with Crippen molar-refractivity contribution in [3.63, 3.8) is 0 Å². The van der Waals surface area contributed by atoms with E-state index in [1.54, 1.807) is 36.9 Å². The number of benzene rings is 1. The first kappa shape index (κ1) is 20.8. The lowest BCUT2D eigenvalue weighted by molar-refractivity contribution is 0.0711. The maximum Gasteiger partial charge on any atom is 0.253 e. The molecule has 7 nitrogen and oxygen atoms in total. The first-order valence-corrected chi connectivity index (χ1v) is 11.1. The number of piperidine rings is 1. The zero-order valence-electron chi connectivity index (χ0n) is 18.1. The van der Waals surface area contributed by atoms with E-state index in [9.17, 15) is 4.79 Å². The summed E-state index contributed by atoms with van der Waals surface area (Å²) >= 11 is 0. The second-order valence-corrected chi connectivity index (χ2v) is 8.03. The highest BCUT2D eigenvalue weighted by atomic mass is 16.2. The number of carbonyl (C=O) groups excluding carboxylic acids is 1. The highest BCUT2D eigenvalue weighted by molar-refractivity contribution is 5.94. The van der Waals surface area contributed by atoms with Gasteiger partial charge >= 0.3 is 0 Å². The maximum absolute atomic E-state index is 12.8. The minimum absolute atomic E-state index is 0.0498. The summed E-state index contributed by atoms with van der Waals surface area (Å²) in [5.74, 6) is 1.80. The minimum Gasteiger partial charge on any atom is -0.340 e. The van der Waals surface area contributed by atoms with Crippen molar-refractivity contribution in [2.45, 2.75) is 18.8 Å². The van der Waals surface area contributed by atoms with E-state index in [-0.39, 0.29) is 11.8 Å². The zero-order valence-corrected chi connectivity index (χ0v) is 18.1. The number of pyridine rings is 2.